The minimum atomic E-state index is -0.605. The maximum atomic E-state index is 14.3. The highest BCUT2D eigenvalue weighted by Crippen LogP contribution is 2.44. The van der Waals surface area contributed by atoms with Crippen molar-refractivity contribution >= 4 is 34.6 Å². The minimum Gasteiger partial charge on any atom is -0.494 e. The molecule has 0 aromatic heterocycles. The predicted octanol–water partition coefficient (Wildman–Crippen LogP) is 7.81. The van der Waals surface area contributed by atoms with E-state index in [4.69, 9.17) is 14.9 Å². The molecular formula is C36H42N4O3. The molecule has 5 rings (SSSR count). The highest BCUT2D eigenvalue weighted by atomic mass is 16.5. The van der Waals surface area contributed by atoms with Gasteiger partial charge in [-0.25, -0.2) is 10.0 Å². The Balaban J connectivity index is 1.55. The third-order valence-electron chi connectivity index (χ3n) is 8.41. The molecule has 3 aromatic carbocycles. The Bertz CT molecular complexity index is 1410. The van der Waals surface area contributed by atoms with Crippen LogP contribution in [0.4, 0.5) is 11.4 Å². The Morgan fingerprint density at radius 1 is 0.674 bits per heavy atom. The number of carbonyl (C=O) groups is 2. The van der Waals surface area contributed by atoms with Crippen molar-refractivity contribution in [2.75, 3.05) is 16.6 Å². The van der Waals surface area contributed by atoms with Crippen molar-refractivity contribution < 1.29 is 14.3 Å². The molecule has 2 atom stereocenters. The lowest BCUT2D eigenvalue weighted by atomic mass is 9.71. The van der Waals surface area contributed by atoms with Gasteiger partial charge in [-0.05, 0) is 75.1 Å². The van der Waals surface area contributed by atoms with E-state index in [-0.39, 0.29) is 11.8 Å². The van der Waals surface area contributed by atoms with Crippen molar-refractivity contribution in [1.29, 1.82) is 0 Å². The largest absolute Gasteiger partial charge is 0.494 e. The number of aryl methyl sites for hydroxylation is 2. The topological polar surface area (TPSA) is 74.6 Å². The fraction of sp³-hybridized carbons (Fsp3) is 0.389. The molecule has 0 bridgehead atoms. The van der Waals surface area contributed by atoms with Crippen LogP contribution < -0.4 is 14.8 Å². The average molecular weight is 579 g/mol. The number of nitrogens with zero attached hydrogens (tertiary/aromatic N) is 4. The number of hydrogen-bond acceptors (Lipinski definition) is 5. The first-order valence-electron chi connectivity index (χ1n) is 15.5. The van der Waals surface area contributed by atoms with Crippen molar-refractivity contribution in [1.82, 2.24) is 0 Å². The van der Waals surface area contributed by atoms with Crippen molar-refractivity contribution in [2.45, 2.75) is 72.6 Å². The molecule has 3 aromatic rings. The standard InChI is InChI=1S/C36H42N4O3/c1-6-9-10-23-43-29-21-15-26(16-22-29)32(33-30(7-2)37-39(35(33)41)27-17-11-24(4)12-18-27)34-31(8-3)38-40(36(34)42)28-19-13-25(5)14-20-28/h11-22,32-34H,6-10,23H2,1-5H3. The van der Waals surface area contributed by atoms with Crippen LogP contribution in [0.2, 0.25) is 0 Å². The summed E-state index contributed by atoms with van der Waals surface area (Å²) in [5.41, 5.74) is 6.11. The zero-order valence-corrected chi connectivity index (χ0v) is 25.9. The summed E-state index contributed by atoms with van der Waals surface area (Å²) in [6.07, 6.45) is 4.45. The monoisotopic (exact) mass is 578 g/mol. The lowest BCUT2D eigenvalue weighted by molar-refractivity contribution is -0.122. The lowest BCUT2D eigenvalue weighted by Crippen LogP contribution is -2.40. The summed E-state index contributed by atoms with van der Waals surface area (Å²) in [5, 5.41) is 12.7. The summed E-state index contributed by atoms with van der Waals surface area (Å²) >= 11 is 0. The summed E-state index contributed by atoms with van der Waals surface area (Å²) in [6.45, 7) is 10.9. The molecule has 7 nitrogen and oxygen atoms in total. The molecule has 2 unspecified atom stereocenters. The smallest absolute Gasteiger partial charge is 0.256 e. The van der Waals surface area contributed by atoms with Gasteiger partial charge < -0.3 is 4.74 Å². The van der Waals surface area contributed by atoms with E-state index in [9.17, 15) is 9.59 Å². The van der Waals surface area contributed by atoms with Crippen LogP contribution in [0.25, 0.3) is 0 Å². The maximum Gasteiger partial charge on any atom is 0.256 e. The van der Waals surface area contributed by atoms with Gasteiger partial charge in [0.2, 0.25) is 0 Å². The highest BCUT2D eigenvalue weighted by Gasteiger charge is 2.51. The molecule has 0 saturated heterocycles. The number of amides is 2. The fourth-order valence-electron chi connectivity index (χ4n) is 5.98. The lowest BCUT2D eigenvalue weighted by Gasteiger charge is -2.29. The number of unbranched alkanes of at least 4 members (excludes halogenated alkanes) is 2. The maximum absolute atomic E-state index is 14.3. The number of rotatable bonds is 12. The van der Waals surface area contributed by atoms with Gasteiger partial charge in [0.05, 0.1) is 41.2 Å². The van der Waals surface area contributed by atoms with Crippen LogP contribution in [-0.4, -0.2) is 29.8 Å². The van der Waals surface area contributed by atoms with Gasteiger partial charge in [-0.3, -0.25) is 9.59 Å². The van der Waals surface area contributed by atoms with Crippen LogP contribution in [0.3, 0.4) is 0 Å². The van der Waals surface area contributed by atoms with Crippen LogP contribution in [0, 0.1) is 25.7 Å². The Kier molecular flexibility index (Phi) is 9.39. The Morgan fingerprint density at radius 3 is 1.56 bits per heavy atom. The normalized spacial score (nSPS) is 19.1. The van der Waals surface area contributed by atoms with Gasteiger partial charge in [-0.2, -0.15) is 10.2 Å². The van der Waals surface area contributed by atoms with Gasteiger partial charge >= 0.3 is 0 Å². The second-order valence-electron chi connectivity index (χ2n) is 11.5. The van der Waals surface area contributed by atoms with Crippen LogP contribution >= 0.6 is 0 Å². The van der Waals surface area contributed by atoms with Crippen LogP contribution in [0.1, 0.15) is 75.5 Å². The molecule has 0 spiro atoms. The number of ether oxygens (including phenoxy) is 1. The van der Waals surface area contributed by atoms with Crippen molar-refractivity contribution in [3.63, 3.8) is 0 Å². The molecule has 0 fully saturated rings. The van der Waals surface area contributed by atoms with Gasteiger partial charge in [0.1, 0.15) is 5.75 Å². The molecule has 224 valence electrons. The van der Waals surface area contributed by atoms with E-state index in [1.807, 2.05) is 100 Å². The third-order valence-corrected chi connectivity index (χ3v) is 8.41. The van der Waals surface area contributed by atoms with E-state index < -0.39 is 17.8 Å². The zero-order chi connectivity index (χ0) is 30.5. The Labute approximate surface area is 255 Å². The second kappa shape index (κ2) is 13.4. The second-order valence-corrected chi connectivity index (χ2v) is 11.5. The molecular weight excluding hydrogens is 536 g/mol. The summed E-state index contributed by atoms with van der Waals surface area (Å²) in [4.78, 5) is 28.6. The van der Waals surface area contributed by atoms with E-state index in [0.29, 0.717) is 19.4 Å². The molecule has 43 heavy (non-hydrogen) atoms. The minimum absolute atomic E-state index is 0.123. The van der Waals surface area contributed by atoms with E-state index >= 15 is 0 Å². The van der Waals surface area contributed by atoms with E-state index in [0.717, 1.165) is 64.5 Å². The Hall–Kier alpha value is -4.26. The zero-order valence-electron chi connectivity index (χ0n) is 25.9. The molecule has 2 aliphatic rings. The van der Waals surface area contributed by atoms with Crippen LogP contribution in [0.15, 0.2) is 83.0 Å². The quantitative estimate of drug-likeness (QED) is 0.206. The summed E-state index contributed by atoms with van der Waals surface area (Å²) in [6, 6.07) is 23.5. The van der Waals surface area contributed by atoms with E-state index in [2.05, 4.69) is 6.92 Å². The molecule has 2 amide bonds. The number of carbonyl (C=O) groups excluding carboxylic acids is 2. The summed E-state index contributed by atoms with van der Waals surface area (Å²) < 4.78 is 5.99. The van der Waals surface area contributed by atoms with Gasteiger partial charge in [0.25, 0.3) is 11.8 Å². The first kappa shape index (κ1) is 30.2. The molecule has 2 heterocycles. The van der Waals surface area contributed by atoms with E-state index in [1.165, 1.54) is 10.0 Å². The third kappa shape index (κ3) is 6.26. The number of hydrogen-bond donors (Lipinski definition) is 0. The average Bonchev–Trinajstić information content (AvgIpc) is 3.53. The highest BCUT2D eigenvalue weighted by molar-refractivity contribution is 6.20. The van der Waals surface area contributed by atoms with Crippen molar-refractivity contribution in [2.24, 2.45) is 22.0 Å². The van der Waals surface area contributed by atoms with Crippen LogP contribution in [-0.2, 0) is 9.59 Å². The first-order valence-corrected chi connectivity index (χ1v) is 15.5. The SMILES string of the molecule is CCCCCOc1ccc(C(C2C(=O)N(c3ccc(C)cc3)N=C2CC)C2C(=O)N(c3ccc(C)cc3)N=C2CC)cc1. The van der Waals surface area contributed by atoms with E-state index in [1.54, 1.807) is 0 Å². The van der Waals surface area contributed by atoms with Crippen LogP contribution in [0.5, 0.6) is 5.75 Å². The number of hydrazone groups is 2. The molecule has 0 N–H and O–H groups in total. The fourth-order valence-corrected chi connectivity index (χ4v) is 5.98. The Morgan fingerprint density at radius 2 is 1.14 bits per heavy atom. The molecule has 2 aliphatic heterocycles. The molecule has 0 radical (unpaired) electrons. The predicted molar refractivity (Wildman–Crippen MR) is 174 cm³/mol. The number of benzene rings is 3. The van der Waals surface area contributed by atoms with Crippen molar-refractivity contribution in [3.05, 3.63) is 89.5 Å². The summed E-state index contributed by atoms with van der Waals surface area (Å²) in [5.74, 6) is -1.15. The number of anilines is 2. The summed E-state index contributed by atoms with van der Waals surface area (Å²) in [7, 11) is 0. The van der Waals surface area contributed by atoms with Gasteiger partial charge in [0, 0.05) is 5.92 Å². The molecule has 7 heteroatoms. The molecule has 0 aliphatic carbocycles. The van der Waals surface area contributed by atoms with Gasteiger partial charge in [-0.1, -0.05) is 81.1 Å². The molecule has 0 saturated carbocycles. The van der Waals surface area contributed by atoms with Gasteiger partial charge in [-0.15, -0.1) is 0 Å². The van der Waals surface area contributed by atoms with Gasteiger partial charge in [0.15, 0.2) is 0 Å². The van der Waals surface area contributed by atoms with Crippen molar-refractivity contribution in [3.8, 4) is 5.75 Å². The first-order chi connectivity index (χ1) is 20.9.